The van der Waals surface area contributed by atoms with E-state index in [2.05, 4.69) is 5.32 Å². The lowest BCUT2D eigenvalue weighted by Crippen LogP contribution is -2.35. The van der Waals surface area contributed by atoms with Crippen LogP contribution in [-0.4, -0.2) is 26.0 Å². The second kappa shape index (κ2) is 4.94. The number of halogens is 1. The highest BCUT2D eigenvalue weighted by Gasteiger charge is 2.25. The Labute approximate surface area is 105 Å². The van der Waals surface area contributed by atoms with Gasteiger partial charge in [0, 0.05) is 6.04 Å². The Balaban J connectivity index is 2.12. The molecule has 1 aliphatic heterocycles. The van der Waals surface area contributed by atoms with Gasteiger partial charge in [-0.1, -0.05) is 0 Å². The summed E-state index contributed by atoms with van der Waals surface area (Å²) in [5.41, 5.74) is 0.491. The normalized spacial score (nSPS) is 22.1. The van der Waals surface area contributed by atoms with Gasteiger partial charge in [-0.15, -0.1) is 0 Å². The summed E-state index contributed by atoms with van der Waals surface area (Å²) in [6.07, 6.45) is 1.30. The fraction of sp³-hybridized carbons (Fsp3) is 0.417. The third-order valence-corrected chi connectivity index (χ3v) is 4.74. The van der Waals surface area contributed by atoms with Crippen LogP contribution in [0.15, 0.2) is 18.2 Å². The highest BCUT2D eigenvalue weighted by molar-refractivity contribution is 7.91. The van der Waals surface area contributed by atoms with Crippen LogP contribution in [0.1, 0.15) is 18.4 Å². The number of sulfone groups is 1. The van der Waals surface area contributed by atoms with E-state index in [1.807, 2.05) is 6.07 Å². The molecule has 0 bridgehead atoms. The molecule has 0 aromatic heterocycles. The van der Waals surface area contributed by atoms with E-state index >= 15 is 0 Å². The summed E-state index contributed by atoms with van der Waals surface area (Å²) in [5, 5.41) is 11.5. The number of rotatable bonds is 2. The van der Waals surface area contributed by atoms with Crippen molar-refractivity contribution in [2.45, 2.75) is 18.9 Å². The molecule has 2 rings (SSSR count). The molecule has 6 heteroatoms. The smallest absolute Gasteiger partial charge is 0.152 e. The van der Waals surface area contributed by atoms with Gasteiger partial charge in [0.2, 0.25) is 0 Å². The molecule has 0 amide bonds. The average molecular weight is 268 g/mol. The monoisotopic (exact) mass is 268 g/mol. The first-order chi connectivity index (χ1) is 8.50. The first-order valence-corrected chi connectivity index (χ1v) is 7.49. The second-order valence-corrected chi connectivity index (χ2v) is 6.63. The molecule has 4 nitrogen and oxygen atoms in total. The molecule has 1 saturated heterocycles. The number of hydrogen-bond donors (Lipinski definition) is 1. The van der Waals surface area contributed by atoms with Gasteiger partial charge >= 0.3 is 0 Å². The summed E-state index contributed by atoms with van der Waals surface area (Å²) in [4.78, 5) is 0. The summed E-state index contributed by atoms with van der Waals surface area (Å²) in [7, 11) is -3.01. The van der Waals surface area contributed by atoms with Crippen molar-refractivity contribution in [1.29, 1.82) is 5.26 Å². The summed E-state index contributed by atoms with van der Waals surface area (Å²) in [5.74, 6) is -0.287. The first-order valence-electron chi connectivity index (χ1n) is 5.67. The number of nitrogens with zero attached hydrogens (tertiary/aromatic N) is 1. The van der Waals surface area contributed by atoms with E-state index in [-0.39, 0.29) is 28.8 Å². The van der Waals surface area contributed by atoms with E-state index in [4.69, 9.17) is 5.26 Å². The van der Waals surface area contributed by atoms with E-state index in [1.54, 1.807) is 0 Å². The largest absolute Gasteiger partial charge is 0.379 e. The molecular formula is C12H13FN2O2S. The van der Waals surface area contributed by atoms with Crippen molar-refractivity contribution in [1.82, 2.24) is 0 Å². The number of nitrogens with one attached hydrogen (secondary N) is 1. The van der Waals surface area contributed by atoms with Crippen LogP contribution in [0.2, 0.25) is 0 Å². The molecule has 1 heterocycles. The zero-order valence-electron chi connectivity index (χ0n) is 9.69. The van der Waals surface area contributed by atoms with Crippen LogP contribution in [0.3, 0.4) is 0 Å². The number of hydrogen-bond acceptors (Lipinski definition) is 4. The Morgan fingerprint density at radius 3 is 2.83 bits per heavy atom. The van der Waals surface area contributed by atoms with Crippen molar-refractivity contribution >= 4 is 15.5 Å². The molecule has 1 unspecified atom stereocenters. The third-order valence-electron chi connectivity index (χ3n) is 2.92. The molecular weight excluding hydrogens is 255 g/mol. The van der Waals surface area contributed by atoms with Gasteiger partial charge in [-0.3, -0.25) is 0 Å². The lowest BCUT2D eigenvalue weighted by molar-refractivity contribution is 0.559. The Morgan fingerprint density at radius 2 is 2.22 bits per heavy atom. The van der Waals surface area contributed by atoms with Gasteiger partial charge in [-0.25, -0.2) is 12.8 Å². The molecule has 1 aliphatic rings. The Morgan fingerprint density at radius 1 is 1.44 bits per heavy atom. The van der Waals surface area contributed by atoms with Gasteiger partial charge in [0.25, 0.3) is 0 Å². The molecule has 0 saturated carbocycles. The second-order valence-electron chi connectivity index (χ2n) is 4.40. The topological polar surface area (TPSA) is 70.0 Å². The third kappa shape index (κ3) is 2.99. The Kier molecular flexibility index (Phi) is 3.53. The zero-order chi connectivity index (χ0) is 13.2. The highest BCUT2D eigenvalue weighted by atomic mass is 32.2. The van der Waals surface area contributed by atoms with Crippen LogP contribution < -0.4 is 5.32 Å². The van der Waals surface area contributed by atoms with Crippen LogP contribution >= 0.6 is 0 Å². The molecule has 0 radical (unpaired) electrons. The zero-order valence-corrected chi connectivity index (χ0v) is 10.5. The van der Waals surface area contributed by atoms with Crippen molar-refractivity contribution in [2.75, 3.05) is 16.8 Å². The molecule has 1 aromatic rings. The van der Waals surface area contributed by atoms with Crippen molar-refractivity contribution in [3.63, 3.8) is 0 Å². The van der Waals surface area contributed by atoms with Crippen LogP contribution in [-0.2, 0) is 9.84 Å². The van der Waals surface area contributed by atoms with Gasteiger partial charge in [-0.05, 0) is 31.0 Å². The minimum Gasteiger partial charge on any atom is -0.379 e. The average Bonchev–Trinajstić information content (AvgIpc) is 2.30. The molecule has 1 N–H and O–H groups in total. The van der Waals surface area contributed by atoms with Crippen LogP contribution in [0.5, 0.6) is 0 Å². The maximum atomic E-state index is 13.6. The molecule has 1 atom stereocenters. The molecule has 1 aromatic carbocycles. The van der Waals surface area contributed by atoms with Gasteiger partial charge in [0.1, 0.15) is 5.82 Å². The van der Waals surface area contributed by atoms with Gasteiger partial charge in [0.05, 0.1) is 28.8 Å². The Hall–Kier alpha value is -1.61. The molecule has 96 valence electrons. The van der Waals surface area contributed by atoms with Crippen molar-refractivity contribution in [2.24, 2.45) is 0 Å². The van der Waals surface area contributed by atoms with Crippen molar-refractivity contribution in [3.05, 3.63) is 29.6 Å². The summed E-state index contributed by atoms with van der Waals surface area (Å²) in [6, 6.07) is 5.70. The minimum atomic E-state index is -3.01. The fourth-order valence-electron chi connectivity index (χ4n) is 2.06. The Bertz CT molecular complexity index is 593. The highest BCUT2D eigenvalue weighted by Crippen LogP contribution is 2.20. The number of benzene rings is 1. The fourth-order valence-corrected chi connectivity index (χ4v) is 3.69. The lowest BCUT2D eigenvalue weighted by Gasteiger charge is -2.24. The van der Waals surface area contributed by atoms with E-state index in [9.17, 15) is 12.8 Å². The maximum Gasteiger partial charge on any atom is 0.152 e. The molecule has 0 aliphatic carbocycles. The maximum absolute atomic E-state index is 13.6. The van der Waals surface area contributed by atoms with E-state index in [0.717, 1.165) is 6.07 Å². The van der Waals surface area contributed by atoms with Gasteiger partial charge < -0.3 is 5.32 Å². The van der Waals surface area contributed by atoms with Crippen LogP contribution in [0, 0.1) is 17.1 Å². The standard InChI is InChI=1S/C12H13FN2O2S/c13-11-6-9(7-14)3-4-12(11)15-10-2-1-5-18(16,17)8-10/h3-4,6,10,15H,1-2,5,8H2. The van der Waals surface area contributed by atoms with Gasteiger partial charge in [-0.2, -0.15) is 5.26 Å². The number of nitriles is 1. The first kappa shape index (κ1) is 12.8. The van der Waals surface area contributed by atoms with E-state index in [1.165, 1.54) is 12.1 Å². The lowest BCUT2D eigenvalue weighted by atomic mass is 10.1. The van der Waals surface area contributed by atoms with E-state index < -0.39 is 15.7 Å². The molecule has 0 spiro atoms. The quantitative estimate of drug-likeness (QED) is 0.886. The predicted octanol–water partition coefficient (Wildman–Crippen LogP) is 1.69. The molecule has 1 fully saturated rings. The van der Waals surface area contributed by atoms with E-state index in [0.29, 0.717) is 12.8 Å². The predicted molar refractivity (Wildman–Crippen MR) is 66.4 cm³/mol. The number of anilines is 1. The van der Waals surface area contributed by atoms with Crippen molar-refractivity contribution in [3.8, 4) is 6.07 Å². The van der Waals surface area contributed by atoms with Gasteiger partial charge in [0.15, 0.2) is 9.84 Å². The minimum absolute atomic E-state index is 0.0342. The summed E-state index contributed by atoms with van der Waals surface area (Å²) in [6.45, 7) is 0. The molecule has 18 heavy (non-hydrogen) atoms. The van der Waals surface area contributed by atoms with Crippen molar-refractivity contribution < 1.29 is 12.8 Å². The van der Waals surface area contributed by atoms with Crippen LogP contribution in [0.4, 0.5) is 10.1 Å². The SMILES string of the molecule is N#Cc1ccc(NC2CCCS(=O)(=O)C2)c(F)c1. The van der Waals surface area contributed by atoms with Crippen LogP contribution in [0.25, 0.3) is 0 Å². The summed E-state index contributed by atoms with van der Waals surface area (Å²) >= 11 is 0. The summed E-state index contributed by atoms with van der Waals surface area (Å²) < 4.78 is 36.5.